The number of aryl methyl sites for hydroxylation is 2. The molecule has 2 N–H and O–H groups in total. The van der Waals surface area contributed by atoms with Gasteiger partial charge in [0.15, 0.2) is 0 Å². The molecule has 0 saturated carbocycles. The van der Waals surface area contributed by atoms with Gasteiger partial charge in [-0.3, -0.25) is 4.79 Å². The monoisotopic (exact) mass is 343 g/mol. The molecule has 0 aliphatic carbocycles. The van der Waals surface area contributed by atoms with Crippen LogP contribution in [0.25, 0.3) is 0 Å². The Bertz CT molecular complexity index is 803. The number of amides is 3. The Morgan fingerprint density at radius 2 is 1.76 bits per heavy atom. The number of hydrogen-bond acceptors (Lipinski definition) is 2. The zero-order valence-corrected chi connectivity index (χ0v) is 14.8. The average molecular weight is 343 g/mol. The molecular formula is C19H22FN3O2. The van der Waals surface area contributed by atoms with E-state index in [2.05, 4.69) is 10.6 Å². The lowest BCUT2D eigenvalue weighted by atomic mass is 10.1. The number of carbonyl (C=O) groups is 2. The smallest absolute Gasteiger partial charge is 0.319 e. The predicted octanol–water partition coefficient (Wildman–Crippen LogP) is 3.47. The largest absolute Gasteiger partial charge is 0.345 e. The van der Waals surface area contributed by atoms with Crippen molar-refractivity contribution in [1.82, 2.24) is 10.2 Å². The van der Waals surface area contributed by atoms with E-state index in [4.69, 9.17) is 0 Å². The lowest BCUT2D eigenvalue weighted by Crippen LogP contribution is -2.29. The minimum absolute atomic E-state index is 0.134. The molecule has 0 bridgehead atoms. The van der Waals surface area contributed by atoms with E-state index in [9.17, 15) is 14.0 Å². The Morgan fingerprint density at radius 3 is 2.40 bits per heavy atom. The van der Waals surface area contributed by atoms with Gasteiger partial charge in [0, 0.05) is 31.9 Å². The summed E-state index contributed by atoms with van der Waals surface area (Å²) in [6.45, 7) is 3.81. The molecule has 0 fully saturated rings. The highest BCUT2D eigenvalue weighted by atomic mass is 19.1. The van der Waals surface area contributed by atoms with Crippen LogP contribution in [0.5, 0.6) is 0 Å². The van der Waals surface area contributed by atoms with Crippen LogP contribution in [0.1, 0.15) is 27.0 Å². The van der Waals surface area contributed by atoms with Crippen LogP contribution >= 0.6 is 0 Å². The number of benzene rings is 2. The topological polar surface area (TPSA) is 61.4 Å². The van der Waals surface area contributed by atoms with Crippen LogP contribution in [-0.4, -0.2) is 30.9 Å². The van der Waals surface area contributed by atoms with Gasteiger partial charge in [-0.15, -0.1) is 0 Å². The molecule has 0 aromatic heterocycles. The molecule has 0 unspecified atom stereocenters. The van der Waals surface area contributed by atoms with Crippen LogP contribution in [0.15, 0.2) is 36.4 Å². The Labute approximate surface area is 146 Å². The van der Waals surface area contributed by atoms with Crippen LogP contribution in [-0.2, 0) is 6.54 Å². The van der Waals surface area contributed by atoms with Crippen molar-refractivity contribution in [2.24, 2.45) is 0 Å². The molecule has 0 spiro atoms. The number of halogens is 1. The maximum absolute atomic E-state index is 13.3. The fraction of sp³-hybridized carbons (Fsp3) is 0.263. The first kappa shape index (κ1) is 18.4. The molecule has 2 rings (SSSR count). The summed E-state index contributed by atoms with van der Waals surface area (Å²) in [5.74, 6) is -0.406. The number of nitrogens with zero attached hydrogens (tertiary/aromatic N) is 1. The number of rotatable bonds is 4. The molecule has 2 aromatic carbocycles. The van der Waals surface area contributed by atoms with Crippen molar-refractivity contribution < 1.29 is 14.0 Å². The zero-order valence-electron chi connectivity index (χ0n) is 14.8. The van der Waals surface area contributed by atoms with Gasteiger partial charge >= 0.3 is 6.03 Å². The Morgan fingerprint density at radius 1 is 1.04 bits per heavy atom. The highest BCUT2D eigenvalue weighted by molar-refractivity contribution is 5.97. The Balaban J connectivity index is 2.03. The normalized spacial score (nSPS) is 10.3. The molecule has 0 aliphatic heterocycles. The molecule has 6 heteroatoms. The minimum atomic E-state index is -0.389. The van der Waals surface area contributed by atoms with Crippen molar-refractivity contribution in [1.29, 1.82) is 0 Å². The van der Waals surface area contributed by atoms with E-state index in [1.165, 1.54) is 11.0 Å². The second-order valence-electron chi connectivity index (χ2n) is 6.12. The number of nitrogens with one attached hydrogen (secondary N) is 2. The van der Waals surface area contributed by atoms with Gasteiger partial charge in [-0.05, 0) is 48.7 Å². The second-order valence-corrected chi connectivity index (χ2v) is 6.12. The maximum Gasteiger partial charge on any atom is 0.319 e. The van der Waals surface area contributed by atoms with E-state index in [1.54, 1.807) is 51.4 Å². The summed E-state index contributed by atoms with van der Waals surface area (Å²) in [7, 11) is 3.35. The quantitative estimate of drug-likeness (QED) is 0.893. The van der Waals surface area contributed by atoms with Gasteiger partial charge in [0.2, 0.25) is 0 Å². The van der Waals surface area contributed by atoms with E-state index in [0.29, 0.717) is 16.8 Å². The van der Waals surface area contributed by atoms with E-state index in [1.807, 2.05) is 6.92 Å². The highest BCUT2D eigenvalue weighted by Crippen LogP contribution is 2.18. The van der Waals surface area contributed by atoms with Gasteiger partial charge in [-0.2, -0.15) is 0 Å². The molecule has 5 nitrogen and oxygen atoms in total. The first-order valence-corrected chi connectivity index (χ1v) is 7.90. The number of anilines is 1. The lowest BCUT2D eigenvalue weighted by molar-refractivity contribution is 0.0827. The van der Waals surface area contributed by atoms with E-state index < -0.39 is 0 Å². The van der Waals surface area contributed by atoms with E-state index in [0.717, 1.165) is 11.1 Å². The molecule has 0 saturated heterocycles. The SMILES string of the molecule is Cc1cc(CNC(=O)Nc2cc(C(=O)N(C)C)ccc2C)ccc1F. The van der Waals surface area contributed by atoms with Crippen LogP contribution in [0.4, 0.5) is 14.9 Å². The van der Waals surface area contributed by atoms with Gasteiger partial charge in [0.25, 0.3) is 5.91 Å². The summed E-state index contributed by atoms with van der Waals surface area (Å²) in [6, 6.07) is 9.47. The third-order valence-electron chi connectivity index (χ3n) is 3.81. The van der Waals surface area contributed by atoms with Crippen LogP contribution in [0.3, 0.4) is 0 Å². The van der Waals surface area contributed by atoms with E-state index >= 15 is 0 Å². The average Bonchev–Trinajstić information content (AvgIpc) is 2.57. The van der Waals surface area contributed by atoms with Crippen LogP contribution in [0, 0.1) is 19.7 Å². The van der Waals surface area contributed by atoms with Crippen molar-refractivity contribution in [2.75, 3.05) is 19.4 Å². The third-order valence-corrected chi connectivity index (χ3v) is 3.81. The van der Waals surface area contributed by atoms with Gasteiger partial charge in [0.05, 0.1) is 0 Å². The van der Waals surface area contributed by atoms with Crippen molar-refractivity contribution in [3.63, 3.8) is 0 Å². The third kappa shape index (κ3) is 4.79. The molecule has 0 atom stereocenters. The summed E-state index contributed by atoms with van der Waals surface area (Å²) in [5.41, 5.74) is 3.26. The first-order chi connectivity index (χ1) is 11.8. The number of hydrogen-bond donors (Lipinski definition) is 2. The van der Waals surface area contributed by atoms with Gasteiger partial charge in [0.1, 0.15) is 5.82 Å². The molecule has 0 radical (unpaired) electrons. The molecular weight excluding hydrogens is 321 g/mol. The van der Waals surface area contributed by atoms with Crippen molar-refractivity contribution >= 4 is 17.6 Å². The van der Waals surface area contributed by atoms with Gasteiger partial charge in [-0.1, -0.05) is 18.2 Å². The fourth-order valence-corrected chi connectivity index (χ4v) is 2.31. The second kappa shape index (κ2) is 7.79. The summed E-state index contributed by atoms with van der Waals surface area (Å²) < 4.78 is 13.3. The van der Waals surface area contributed by atoms with Gasteiger partial charge < -0.3 is 15.5 Å². The maximum atomic E-state index is 13.3. The van der Waals surface area contributed by atoms with Crippen molar-refractivity contribution in [3.8, 4) is 0 Å². The Hall–Kier alpha value is -2.89. The number of urea groups is 1. The van der Waals surface area contributed by atoms with E-state index in [-0.39, 0.29) is 24.3 Å². The van der Waals surface area contributed by atoms with Crippen LogP contribution < -0.4 is 10.6 Å². The molecule has 0 aliphatic rings. The lowest BCUT2D eigenvalue weighted by Gasteiger charge is -2.14. The summed E-state index contributed by atoms with van der Waals surface area (Å²) in [6.07, 6.45) is 0. The summed E-state index contributed by atoms with van der Waals surface area (Å²) in [4.78, 5) is 25.6. The molecule has 25 heavy (non-hydrogen) atoms. The molecule has 2 aromatic rings. The number of carbonyl (C=O) groups excluding carboxylic acids is 2. The van der Waals surface area contributed by atoms with Crippen molar-refractivity contribution in [3.05, 3.63) is 64.5 Å². The Kier molecular flexibility index (Phi) is 5.75. The fourth-order valence-electron chi connectivity index (χ4n) is 2.31. The standard InChI is InChI=1S/C19H22FN3O2/c1-12-5-7-15(18(24)23(3)4)10-17(12)22-19(25)21-11-14-6-8-16(20)13(2)9-14/h5-10H,11H2,1-4H3,(H2,21,22,25). The zero-order chi connectivity index (χ0) is 18.6. The summed E-state index contributed by atoms with van der Waals surface area (Å²) in [5, 5.41) is 5.47. The predicted molar refractivity (Wildman–Crippen MR) is 96.2 cm³/mol. The molecule has 0 heterocycles. The first-order valence-electron chi connectivity index (χ1n) is 7.90. The summed E-state index contributed by atoms with van der Waals surface area (Å²) >= 11 is 0. The molecule has 132 valence electrons. The molecule has 3 amide bonds. The van der Waals surface area contributed by atoms with Crippen LogP contribution in [0.2, 0.25) is 0 Å². The van der Waals surface area contributed by atoms with Crippen molar-refractivity contribution in [2.45, 2.75) is 20.4 Å². The highest BCUT2D eigenvalue weighted by Gasteiger charge is 2.11. The minimum Gasteiger partial charge on any atom is -0.345 e. The van der Waals surface area contributed by atoms with Gasteiger partial charge in [-0.25, -0.2) is 9.18 Å².